The van der Waals surface area contributed by atoms with Crippen molar-refractivity contribution in [3.8, 4) is 0 Å². The van der Waals surface area contributed by atoms with Crippen molar-refractivity contribution < 1.29 is 15.0 Å². The fourth-order valence-corrected chi connectivity index (χ4v) is 12.2. The fourth-order valence-electron chi connectivity index (χ4n) is 11.9. The number of allylic oxidation sites excluding steroid dienone is 2. The monoisotopic (exact) mass is 538 g/mol. The van der Waals surface area contributed by atoms with Crippen molar-refractivity contribution in [2.24, 2.45) is 50.7 Å². The number of aliphatic hydroxyl groups excluding tert-OH is 1. The summed E-state index contributed by atoms with van der Waals surface area (Å²) in [6.07, 6.45) is 15.1. The summed E-state index contributed by atoms with van der Waals surface area (Å²) < 4.78 is 0. The van der Waals surface area contributed by atoms with Gasteiger partial charge in [0.15, 0.2) is 0 Å². The molecule has 208 valence electrons. The summed E-state index contributed by atoms with van der Waals surface area (Å²) in [6, 6.07) is 5.50. The van der Waals surface area contributed by atoms with Crippen molar-refractivity contribution in [1.82, 2.24) is 0 Å². The first kappa shape index (κ1) is 26.9. The van der Waals surface area contributed by atoms with E-state index in [1.165, 1.54) is 63.4 Å². The van der Waals surface area contributed by atoms with Gasteiger partial charge in [-0.3, -0.25) is 0 Å². The Balaban J connectivity index is 1.36. The molecule has 3 nitrogen and oxygen atoms in total. The first-order valence-corrected chi connectivity index (χ1v) is 15.6. The molecule has 0 radical (unpaired) electrons. The number of aromatic carboxylic acids is 1. The second-order valence-corrected chi connectivity index (χ2v) is 15.6. The molecule has 1 aromatic rings. The third-order valence-electron chi connectivity index (χ3n) is 13.9. The standard InChI is InChI=1S/C34H47ClO3/c1-30(2)23(21-8-9-22(29(37)38)26(35)19-21)12-15-31(3)27(30)13-16-33(5)28(31)11-10-24-25-7-6-14-34(25,20-36)18-17-32(24,33)4/h8-9,12,19,24-25,27-28,36H,6-7,10-11,13-18,20H2,1-5H3,(H,37,38)/t24-,25?,27?,28?,31+,32-,33-,34-/m1/s1. The van der Waals surface area contributed by atoms with E-state index in [0.29, 0.717) is 40.2 Å². The molecule has 4 saturated carbocycles. The normalized spacial score (nSPS) is 45.3. The minimum atomic E-state index is -0.974. The van der Waals surface area contributed by atoms with Gasteiger partial charge in [0.05, 0.1) is 10.6 Å². The Morgan fingerprint density at radius 3 is 2.37 bits per heavy atom. The lowest BCUT2D eigenvalue weighted by atomic mass is 9.33. The lowest BCUT2D eigenvalue weighted by Gasteiger charge is -2.72. The number of carbonyl (C=O) groups is 1. The maximum atomic E-state index is 11.5. The summed E-state index contributed by atoms with van der Waals surface area (Å²) in [6.45, 7) is 13.2. The van der Waals surface area contributed by atoms with E-state index in [1.54, 1.807) is 6.07 Å². The first-order valence-electron chi connectivity index (χ1n) is 15.2. The van der Waals surface area contributed by atoms with E-state index in [-0.39, 0.29) is 21.8 Å². The Labute approximate surface area is 234 Å². The van der Waals surface area contributed by atoms with Crippen molar-refractivity contribution in [2.45, 2.75) is 98.8 Å². The zero-order valence-electron chi connectivity index (χ0n) is 24.1. The van der Waals surface area contributed by atoms with Crippen molar-refractivity contribution in [1.29, 1.82) is 0 Å². The van der Waals surface area contributed by atoms with Gasteiger partial charge in [0.2, 0.25) is 0 Å². The molecule has 3 unspecified atom stereocenters. The van der Waals surface area contributed by atoms with Crippen LogP contribution in [0.4, 0.5) is 0 Å². The number of benzene rings is 1. The highest BCUT2D eigenvalue weighted by atomic mass is 35.5. The molecular weight excluding hydrogens is 492 g/mol. The number of fused-ring (bicyclic) bond motifs is 7. The predicted octanol–water partition coefficient (Wildman–Crippen LogP) is 8.88. The topological polar surface area (TPSA) is 57.5 Å². The van der Waals surface area contributed by atoms with Gasteiger partial charge in [-0.2, -0.15) is 0 Å². The average Bonchev–Trinajstić information content (AvgIpc) is 3.28. The van der Waals surface area contributed by atoms with Crippen LogP contribution in [0.15, 0.2) is 24.3 Å². The molecule has 0 saturated heterocycles. The Bertz CT molecular complexity index is 1190. The van der Waals surface area contributed by atoms with Gasteiger partial charge in [0, 0.05) is 6.61 Å². The van der Waals surface area contributed by atoms with Crippen LogP contribution in [0.25, 0.3) is 5.57 Å². The van der Waals surface area contributed by atoms with Gasteiger partial charge in [0.1, 0.15) is 0 Å². The Morgan fingerprint density at radius 1 is 0.921 bits per heavy atom. The smallest absolute Gasteiger partial charge is 0.337 e. The number of carboxylic acid groups (broad SMARTS) is 1. The summed E-state index contributed by atoms with van der Waals surface area (Å²) in [7, 11) is 0. The Morgan fingerprint density at radius 2 is 1.68 bits per heavy atom. The van der Waals surface area contributed by atoms with Gasteiger partial charge in [-0.05, 0) is 132 Å². The van der Waals surface area contributed by atoms with Crippen LogP contribution in [0.1, 0.15) is 115 Å². The number of halogens is 1. The van der Waals surface area contributed by atoms with Crippen LogP contribution in [0.2, 0.25) is 5.02 Å². The highest BCUT2D eigenvalue weighted by Gasteiger charge is 2.69. The molecule has 2 N–H and O–H groups in total. The molecule has 38 heavy (non-hydrogen) atoms. The lowest BCUT2D eigenvalue weighted by molar-refractivity contribution is -0.225. The summed E-state index contributed by atoms with van der Waals surface area (Å²) in [5, 5.41) is 20.3. The molecular formula is C34H47ClO3. The minimum absolute atomic E-state index is 0.00971. The minimum Gasteiger partial charge on any atom is -0.478 e. The van der Waals surface area contributed by atoms with Crippen molar-refractivity contribution >= 4 is 23.1 Å². The molecule has 0 heterocycles. The summed E-state index contributed by atoms with van der Waals surface area (Å²) in [5.41, 5.74) is 3.71. The van der Waals surface area contributed by atoms with Crippen LogP contribution < -0.4 is 0 Å². The molecule has 0 spiro atoms. The molecule has 0 bridgehead atoms. The predicted molar refractivity (Wildman–Crippen MR) is 154 cm³/mol. The first-order chi connectivity index (χ1) is 17.8. The SMILES string of the molecule is CC1(C)C(c2ccc(C(=O)O)c(Cl)c2)=CC[C@@]2(C)C1CC[C@]1(C)C2CC[C@@H]2C3CCC[C@]3(CO)CC[C@]21C. The van der Waals surface area contributed by atoms with Crippen LogP contribution in [0.3, 0.4) is 0 Å². The van der Waals surface area contributed by atoms with Gasteiger partial charge in [-0.1, -0.05) is 64.8 Å². The quantitative estimate of drug-likeness (QED) is 0.404. The summed E-state index contributed by atoms with van der Waals surface area (Å²) in [5.74, 6) is 1.77. The van der Waals surface area contributed by atoms with Crippen LogP contribution in [-0.4, -0.2) is 22.8 Å². The van der Waals surface area contributed by atoms with E-state index in [4.69, 9.17) is 11.6 Å². The third-order valence-corrected chi connectivity index (χ3v) is 14.3. The summed E-state index contributed by atoms with van der Waals surface area (Å²) in [4.78, 5) is 11.5. The van der Waals surface area contributed by atoms with Gasteiger partial charge >= 0.3 is 5.97 Å². The van der Waals surface area contributed by atoms with E-state index in [2.05, 4.69) is 40.7 Å². The highest BCUT2D eigenvalue weighted by molar-refractivity contribution is 6.33. The second-order valence-electron chi connectivity index (χ2n) is 15.2. The fraction of sp³-hybridized carbons (Fsp3) is 0.735. The van der Waals surface area contributed by atoms with Gasteiger partial charge < -0.3 is 10.2 Å². The highest BCUT2D eigenvalue weighted by Crippen LogP contribution is 2.77. The van der Waals surface area contributed by atoms with E-state index in [0.717, 1.165) is 17.9 Å². The summed E-state index contributed by atoms with van der Waals surface area (Å²) >= 11 is 6.43. The van der Waals surface area contributed by atoms with E-state index < -0.39 is 5.97 Å². The maximum Gasteiger partial charge on any atom is 0.337 e. The number of carboxylic acids is 1. The zero-order chi connectivity index (χ0) is 27.3. The molecule has 0 aromatic heterocycles. The van der Waals surface area contributed by atoms with Gasteiger partial charge in [0.25, 0.3) is 0 Å². The molecule has 0 aliphatic heterocycles. The van der Waals surface area contributed by atoms with Crippen molar-refractivity contribution in [2.75, 3.05) is 6.61 Å². The van der Waals surface area contributed by atoms with E-state index in [9.17, 15) is 15.0 Å². The lowest BCUT2D eigenvalue weighted by Crippen LogP contribution is -2.65. The van der Waals surface area contributed by atoms with Crippen LogP contribution in [0.5, 0.6) is 0 Å². The molecule has 8 atom stereocenters. The van der Waals surface area contributed by atoms with Gasteiger partial charge in [-0.25, -0.2) is 4.79 Å². The Kier molecular flexibility index (Phi) is 6.08. The third kappa shape index (κ3) is 3.33. The molecule has 5 aliphatic rings. The molecule has 5 aliphatic carbocycles. The largest absolute Gasteiger partial charge is 0.478 e. The molecule has 4 fully saturated rings. The molecule has 1 aromatic carbocycles. The number of hydrogen-bond donors (Lipinski definition) is 2. The Hall–Kier alpha value is -1.32. The van der Waals surface area contributed by atoms with Crippen LogP contribution >= 0.6 is 11.6 Å². The van der Waals surface area contributed by atoms with Crippen molar-refractivity contribution in [3.05, 3.63) is 40.4 Å². The number of hydrogen-bond acceptors (Lipinski definition) is 2. The zero-order valence-corrected chi connectivity index (χ0v) is 24.8. The van der Waals surface area contributed by atoms with Crippen LogP contribution in [0, 0.1) is 50.7 Å². The van der Waals surface area contributed by atoms with Gasteiger partial charge in [-0.15, -0.1) is 0 Å². The average molecular weight is 539 g/mol. The molecule has 6 rings (SSSR count). The van der Waals surface area contributed by atoms with Crippen molar-refractivity contribution in [3.63, 3.8) is 0 Å². The maximum absolute atomic E-state index is 11.5. The van der Waals surface area contributed by atoms with E-state index in [1.807, 2.05) is 12.1 Å². The number of aliphatic hydroxyl groups is 1. The van der Waals surface area contributed by atoms with Crippen LogP contribution in [-0.2, 0) is 0 Å². The number of rotatable bonds is 3. The molecule has 0 amide bonds. The second kappa shape index (κ2) is 8.59. The van der Waals surface area contributed by atoms with E-state index >= 15 is 0 Å². The molecule has 4 heteroatoms.